The number of rotatable bonds is 8. The molecule has 0 aliphatic carbocycles. The first-order valence-corrected chi connectivity index (χ1v) is 11.1. The molecule has 0 aliphatic heterocycles. The molecule has 0 radical (unpaired) electrons. The molecule has 8 nitrogen and oxygen atoms in total. The summed E-state index contributed by atoms with van der Waals surface area (Å²) >= 11 is 5.43. The van der Waals surface area contributed by atoms with Crippen LogP contribution in [0.4, 0.5) is 10.8 Å². The number of nitrogens with two attached hydrogens (primary N) is 2. The second kappa shape index (κ2) is 10.8. The van der Waals surface area contributed by atoms with Gasteiger partial charge in [0.1, 0.15) is 4.88 Å². The van der Waals surface area contributed by atoms with E-state index < -0.39 is 0 Å². The molecule has 1 aromatic heterocycles. The van der Waals surface area contributed by atoms with Crippen LogP contribution in [0.15, 0.2) is 58.4 Å². The summed E-state index contributed by atoms with van der Waals surface area (Å²) in [7, 11) is 0. The van der Waals surface area contributed by atoms with E-state index in [1.165, 1.54) is 18.3 Å². The Balaban J connectivity index is 1.71. The normalized spacial score (nSPS) is 10.4. The lowest BCUT2D eigenvalue weighted by Crippen LogP contribution is -2.23. The number of carbonyl (C=O) groups is 2. The van der Waals surface area contributed by atoms with E-state index in [-0.39, 0.29) is 17.8 Å². The molecular weight excluding hydrogens is 444 g/mol. The number of thiazole rings is 1. The molecule has 0 unspecified atom stereocenters. The minimum atomic E-state index is -0.237. The molecule has 0 bridgehead atoms. The molecule has 6 N–H and O–H groups in total. The first-order chi connectivity index (χ1) is 15.3. The Morgan fingerprint density at radius 3 is 2.31 bits per heavy atom. The van der Waals surface area contributed by atoms with Crippen LogP contribution in [-0.2, 0) is 24.2 Å². The summed E-state index contributed by atoms with van der Waals surface area (Å²) in [5.74, 6) is -0.463. The van der Waals surface area contributed by atoms with E-state index in [9.17, 15) is 9.59 Å². The van der Waals surface area contributed by atoms with Gasteiger partial charge in [0, 0.05) is 18.4 Å². The van der Waals surface area contributed by atoms with E-state index in [0.717, 1.165) is 16.0 Å². The Kier molecular flexibility index (Phi) is 7.85. The number of hydrogen-bond donors (Lipinski definition) is 5. The number of thiol groups is 1. The average Bonchev–Trinajstić information content (AvgIpc) is 3.14. The van der Waals surface area contributed by atoms with Crippen molar-refractivity contribution >= 4 is 52.6 Å². The van der Waals surface area contributed by atoms with Crippen LogP contribution in [0.3, 0.4) is 0 Å². The van der Waals surface area contributed by atoms with Gasteiger partial charge in [0.2, 0.25) is 5.91 Å². The zero-order valence-electron chi connectivity index (χ0n) is 17.5. The zero-order valence-corrected chi connectivity index (χ0v) is 19.2. The maximum atomic E-state index is 12.9. The maximum Gasteiger partial charge on any atom is 0.263 e. The molecule has 3 aromatic rings. The quantitative estimate of drug-likeness (QED) is 0.197. The number of benzene rings is 2. The van der Waals surface area contributed by atoms with Gasteiger partial charge in [-0.1, -0.05) is 35.6 Å². The lowest BCUT2D eigenvalue weighted by atomic mass is 10.1. The van der Waals surface area contributed by atoms with Crippen molar-refractivity contribution in [2.45, 2.75) is 31.2 Å². The Labute approximate surface area is 195 Å². The minimum Gasteiger partial charge on any atom is -0.370 e. The predicted molar refractivity (Wildman–Crippen MR) is 131 cm³/mol. The number of aromatic nitrogens is 1. The van der Waals surface area contributed by atoms with E-state index in [4.69, 9.17) is 11.5 Å². The molecule has 32 heavy (non-hydrogen) atoms. The Bertz CT molecular complexity index is 1120. The smallest absolute Gasteiger partial charge is 0.263 e. The molecule has 10 heteroatoms. The third-order valence-corrected chi connectivity index (χ3v) is 5.73. The molecule has 2 amide bonds. The third kappa shape index (κ3) is 6.82. The Morgan fingerprint density at radius 2 is 1.69 bits per heavy atom. The standard InChI is InChI=1S/C22H24N6O2S2/c1-13(29)26-22-28-18(11-6-14-2-7-16(8-3-14)27-21(23)24)19(32-22)20(30)25-12-15-4-9-17(31)10-5-15/h2-5,7-10,31H,6,11-12H2,1H3,(H,25,30)(H4,23,24,27)(H,26,28,29). The molecule has 1 heterocycles. The summed E-state index contributed by atoms with van der Waals surface area (Å²) in [6.07, 6.45) is 1.20. The maximum absolute atomic E-state index is 12.9. The van der Waals surface area contributed by atoms with Crippen LogP contribution in [-0.4, -0.2) is 22.8 Å². The van der Waals surface area contributed by atoms with Gasteiger partial charge in [-0.15, -0.1) is 12.6 Å². The Hall–Kier alpha value is -3.37. The van der Waals surface area contributed by atoms with Crippen LogP contribution in [0.1, 0.15) is 33.4 Å². The van der Waals surface area contributed by atoms with Gasteiger partial charge in [-0.3, -0.25) is 9.59 Å². The van der Waals surface area contributed by atoms with Crippen LogP contribution in [0, 0.1) is 0 Å². The number of anilines is 1. The lowest BCUT2D eigenvalue weighted by Gasteiger charge is -2.06. The van der Waals surface area contributed by atoms with E-state index in [1.807, 2.05) is 48.5 Å². The number of carbonyl (C=O) groups excluding carboxylic acids is 2. The number of aliphatic imine (C=N–C) groups is 1. The zero-order chi connectivity index (χ0) is 23.1. The highest BCUT2D eigenvalue weighted by molar-refractivity contribution is 7.80. The largest absolute Gasteiger partial charge is 0.370 e. The monoisotopic (exact) mass is 468 g/mol. The van der Waals surface area contributed by atoms with Crippen molar-refractivity contribution in [2.24, 2.45) is 16.5 Å². The van der Waals surface area contributed by atoms with Crippen molar-refractivity contribution in [3.8, 4) is 0 Å². The fourth-order valence-corrected chi connectivity index (χ4v) is 4.05. The van der Waals surface area contributed by atoms with Gasteiger partial charge < -0.3 is 22.1 Å². The first-order valence-electron chi connectivity index (χ1n) is 9.82. The van der Waals surface area contributed by atoms with Gasteiger partial charge in [-0.25, -0.2) is 9.98 Å². The van der Waals surface area contributed by atoms with Gasteiger partial charge in [-0.2, -0.15) is 0 Å². The van der Waals surface area contributed by atoms with Gasteiger partial charge in [-0.05, 0) is 48.2 Å². The second-order valence-electron chi connectivity index (χ2n) is 7.03. The number of aryl methyl sites for hydroxylation is 2. The molecule has 0 saturated heterocycles. The van der Waals surface area contributed by atoms with Crippen molar-refractivity contribution in [2.75, 3.05) is 5.32 Å². The number of hydrogen-bond acceptors (Lipinski definition) is 6. The van der Waals surface area contributed by atoms with Crippen molar-refractivity contribution < 1.29 is 9.59 Å². The molecular formula is C22H24N6O2S2. The molecule has 166 valence electrons. The molecule has 0 saturated carbocycles. The van der Waals surface area contributed by atoms with Gasteiger partial charge in [0.15, 0.2) is 11.1 Å². The Morgan fingerprint density at radius 1 is 1.03 bits per heavy atom. The summed E-state index contributed by atoms with van der Waals surface area (Å²) in [5.41, 5.74) is 14.1. The van der Waals surface area contributed by atoms with Crippen molar-refractivity contribution in [3.05, 3.63) is 70.2 Å². The number of nitrogens with one attached hydrogen (secondary N) is 2. The lowest BCUT2D eigenvalue weighted by molar-refractivity contribution is -0.114. The molecule has 0 spiro atoms. The van der Waals surface area contributed by atoms with Crippen LogP contribution in [0.2, 0.25) is 0 Å². The summed E-state index contributed by atoms with van der Waals surface area (Å²) in [6, 6.07) is 15.1. The molecule has 2 aromatic carbocycles. The summed E-state index contributed by atoms with van der Waals surface area (Å²) in [5, 5.41) is 5.99. The van der Waals surface area contributed by atoms with Gasteiger partial charge >= 0.3 is 0 Å². The average molecular weight is 469 g/mol. The highest BCUT2D eigenvalue weighted by Crippen LogP contribution is 2.25. The fraction of sp³-hybridized carbons (Fsp3) is 0.182. The SMILES string of the molecule is CC(=O)Nc1nc(CCc2ccc(N=C(N)N)cc2)c(C(=O)NCc2ccc(S)cc2)s1. The topological polar surface area (TPSA) is 135 Å². The van der Waals surface area contributed by atoms with Crippen molar-refractivity contribution in [3.63, 3.8) is 0 Å². The minimum absolute atomic E-state index is 0.00272. The summed E-state index contributed by atoms with van der Waals surface area (Å²) in [6.45, 7) is 1.79. The number of guanidine groups is 1. The highest BCUT2D eigenvalue weighted by atomic mass is 32.1. The van der Waals surface area contributed by atoms with Gasteiger partial charge in [0.05, 0.1) is 11.4 Å². The number of amides is 2. The van der Waals surface area contributed by atoms with E-state index in [1.54, 1.807) is 0 Å². The van der Waals surface area contributed by atoms with E-state index >= 15 is 0 Å². The molecule has 0 aliphatic rings. The van der Waals surface area contributed by atoms with Crippen LogP contribution < -0.4 is 22.1 Å². The number of nitrogens with zero attached hydrogens (tertiary/aromatic N) is 2. The predicted octanol–water partition coefficient (Wildman–Crippen LogP) is 3.01. The second-order valence-corrected chi connectivity index (χ2v) is 8.54. The van der Waals surface area contributed by atoms with Gasteiger partial charge in [0.25, 0.3) is 5.91 Å². The molecule has 0 fully saturated rings. The first kappa shape index (κ1) is 23.3. The van der Waals surface area contributed by atoms with Crippen LogP contribution >= 0.6 is 24.0 Å². The van der Waals surface area contributed by atoms with E-state index in [2.05, 4.69) is 33.2 Å². The molecule has 3 rings (SSSR count). The highest BCUT2D eigenvalue weighted by Gasteiger charge is 2.18. The van der Waals surface area contributed by atoms with Crippen molar-refractivity contribution in [1.29, 1.82) is 0 Å². The fourth-order valence-electron chi connectivity index (χ4n) is 2.93. The van der Waals surface area contributed by atoms with Crippen LogP contribution in [0.5, 0.6) is 0 Å². The van der Waals surface area contributed by atoms with E-state index in [0.29, 0.717) is 40.8 Å². The molecule has 0 atom stereocenters. The van der Waals surface area contributed by atoms with Crippen molar-refractivity contribution in [1.82, 2.24) is 10.3 Å². The third-order valence-electron chi connectivity index (χ3n) is 4.42. The summed E-state index contributed by atoms with van der Waals surface area (Å²) < 4.78 is 0. The summed E-state index contributed by atoms with van der Waals surface area (Å²) in [4.78, 5) is 34.1. The van der Waals surface area contributed by atoms with Crippen LogP contribution in [0.25, 0.3) is 0 Å².